The second kappa shape index (κ2) is 8.64. The minimum absolute atomic E-state index is 0.0141. The van der Waals surface area contributed by atoms with Crippen molar-refractivity contribution in [3.05, 3.63) is 58.4 Å². The van der Waals surface area contributed by atoms with Gasteiger partial charge in [0.2, 0.25) is 5.91 Å². The predicted octanol–water partition coefficient (Wildman–Crippen LogP) is 3.10. The summed E-state index contributed by atoms with van der Waals surface area (Å²) in [6.07, 6.45) is 1.74. The number of aliphatic imine (C=N–C) groups is 1. The quantitative estimate of drug-likeness (QED) is 0.773. The van der Waals surface area contributed by atoms with E-state index in [1.807, 2.05) is 19.1 Å². The van der Waals surface area contributed by atoms with Crippen LogP contribution in [-0.4, -0.2) is 54.3 Å². The highest BCUT2D eigenvalue weighted by molar-refractivity contribution is 6.23. The Kier molecular flexibility index (Phi) is 5.69. The van der Waals surface area contributed by atoms with Gasteiger partial charge in [-0.2, -0.15) is 0 Å². The number of fused-ring (bicyclic) bond motifs is 3. The molecule has 5 rings (SSSR count). The molecule has 2 aromatic rings. The van der Waals surface area contributed by atoms with Crippen molar-refractivity contribution in [2.75, 3.05) is 42.9 Å². The van der Waals surface area contributed by atoms with Crippen molar-refractivity contribution < 1.29 is 14.3 Å². The number of halogens is 1. The van der Waals surface area contributed by atoms with E-state index in [0.717, 1.165) is 91.5 Å². The zero-order valence-electron chi connectivity index (χ0n) is 18.4. The van der Waals surface area contributed by atoms with Gasteiger partial charge in [0.15, 0.2) is 0 Å². The Bertz CT molecular complexity index is 1080. The van der Waals surface area contributed by atoms with Crippen LogP contribution in [-0.2, 0) is 17.9 Å². The van der Waals surface area contributed by atoms with Crippen LogP contribution < -0.4 is 10.2 Å². The van der Waals surface area contributed by atoms with Crippen LogP contribution in [0.4, 0.5) is 15.8 Å². The Hall–Kier alpha value is -2.77. The first kappa shape index (κ1) is 21.1. The maximum absolute atomic E-state index is 13.4. The van der Waals surface area contributed by atoms with E-state index >= 15 is 0 Å². The van der Waals surface area contributed by atoms with Gasteiger partial charge in [-0.3, -0.25) is 14.7 Å². The molecule has 1 amide bonds. The van der Waals surface area contributed by atoms with E-state index in [9.17, 15) is 14.3 Å². The molecule has 3 aliphatic rings. The maximum atomic E-state index is 13.4. The Balaban J connectivity index is 1.32. The Morgan fingerprint density at radius 3 is 2.75 bits per heavy atom. The van der Waals surface area contributed by atoms with E-state index in [1.165, 1.54) is 6.07 Å². The van der Waals surface area contributed by atoms with Gasteiger partial charge in [0, 0.05) is 50.5 Å². The molecule has 2 N–H and O–H groups in total. The van der Waals surface area contributed by atoms with Gasteiger partial charge in [0.05, 0.1) is 23.9 Å². The lowest BCUT2D eigenvalue weighted by Gasteiger charge is -2.37. The molecule has 1 unspecified atom stereocenters. The van der Waals surface area contributed by atoms with Gasteiger partial charge in [-0.05, 0) is 60.7 Å². The first-order chi connectivity index (χ1) is 15.5. The molecule has 0 aliphatic carbocycles. The zero-order chi connectivity index (χ0) is 22.2. The van der Waals surface area contributed by atoms with Gasteiger partial charge in [-0.25, -0.2) is 4.39 Å². The first-order valence-electron chi connectivity index (χ1n) is 11.4. The molecule has 0 saturated carbocycles. The molecular weight excluding hydrogens is 407 g/mol. The molecule has 1 atom stereocenters. The number of benzene rings is 2. The number of rotatable bonds is 4. The summed E-state index contributed by atoms with van der Waals surface area (Å²) in [7, 11) is 0. The number of aryl methyl sites for hydroxylation is 1. The van der Waals surface area contributed by atoms with Crippen LogP contribution in [0.15, 0.2) is 35.3 Å². The average Bonchev–Trinajstić information content (AvgIpc) is 2.79. The fraction of sp³-hybridized carbons (Fsp3) is 0.440. The van der Waals surface area contributed by atoms with Crippen LogP contribution in [0.25, 0.3) is 0 Å². The lowest BCUT2D eigenvalue weighted by atomic mass is 9.83. The van der Waals surface area contributed by atoms with Crippen molar-refractivity contribution in [1.82, 2.24) is 4.90 Å². The Morgan fingerprint density at radius 2 is 2.00 bits per heavy atom. The highest BCUT2D eigenvalue weighted by atomic mass is 19.1. The summed E-state index contributed by atoms with van der Waals surface area (Å²) in [4.78, 5) is 22.0. The van der Waals surface area contributed by atoms with Crippen LogP contribution in [0.5, 0.6) is 0 Å². The molecule has 6 nitrogen and oxygen atoms in total. The number of piperazine rings is 1. The summed E-state index contributed by atoms with van der Waals surface area (Å²) >= 11 is 0. The summed E-state index contributed by atoms with van der Waals surface area (Å²) in [5.41, 5.74) is 6.49. The Labute approximate surface area is 187 Å². The van der Waals surface area contributed by atoms with Gasteiger partial charge in [-0.15, -0.1) is 0 Å². The highest BCUT2D eigenvalue weighted by Crippen LogP contribution is 2.35. The first-order valence-corrected chi connectivity index (χ1v) is 11.4. The summed E-state index contributed by atoms with van der Waals surface area (Å²) in [5.74, 6) is -0.384. The topological polar surface area (TPSA) is 68.2 Å². The van der Waals surface area contributed by atoms with Gasteiger partial charge in [0.1, 0.15) is 5.82 Å². The molecule has 7 heteroatoms. The molecule has 0 radical (unpaired) electrons. The number of aliphatic hydroxyl groups excluding tert-OH is 1. The normalized spacial score (nSPS) is 21.0. The van der Waals surface area contributed by atoms with E-state index in [2.05, 4.69) is 26.2 Å². The predicted molar refractivity (Wildman–Crippen MR) is 124 cm³/mol. The van der Waals surface area contributed by atoms with E-state index in [-0.39, 0.29) is 24.2 Å². The van der Waals surface area contributed by atoms with Crippen LogP contribution in [0.3, 0.4) is 0 Å². The van der Waals surface area contributed by atoms with Crippen molar-refractivity contribution in [2.45, 2.75) is 32.9 Å². The monoisotopic (exact) mass is 436 g/mol. The van der Waals surface area contributed by atoms with Crippen molar-refractivity contribution >= 4 is 23.0 Å². The minimum Gasteiger partial charge on any atom is -0.392 e. The number of hydrogen-bond acceptors (Lipinski definition) is 5. The maximum Gasteiger partial charge on any atom is 0.233 e. The average molecular weight is 437 g/mol. The Morgan fingerprint density at radius 1 is 1.19 bits per heavy atom. The number of aliphatic hydroxyl groups is 1. The number of amides is 1. The summed E-state index contributed by atoms with van der Waals surface area (Å²) in [6, 6.07) is 9.06. The molecule has 1 fully saturated rings. The summed E-state index contributed by atoms with van der Waals surface area (Å²) in [5, 5.41) is 13.1. The van der Waals surface area contributed by atoms with E-state index in [0.29, 0.717) is 0 Å². The van der Waals surface area contributed by atoms with E-state index in [4.69, 9.17) is 0 Å². The van der Waals surface area contributed by atoms with Crippen molar-refractivity contribution in [2.24, 2.45) is 10.9 Å². The summed E-state index contributed by atoms with van der Waals surface area (Å²) in [6.45, 7) is 6.90. The van der Waals surface area contributed by atoms with Crippen LogP contribution in [0.2, 0.25) is 0 Å². The molecule has 32 heavy (non-hydrogen) atoms. The molecule has 2 aromatic carbocycles. The molecule has 168 valence electrons. The fourth-order valence-electron chi connectivity index (χ4n) is 5.23. The minimum atomic E-state index is -0.199. The number of nitrogens with zero attached hydrogens (tertiary/aromatic N) is 3. The van der Waals surface area contributed by atoms with Crippen molar-refractivity contribution in [1.29, 1.82) is 0 Å². The number of nitrogens with one attached hydrogen (secondary N) is 1. The van der Waals surface area contributed by atoms with Crippen LogP contribution in [0, 0.1) is 18.7 Å². The number of carbonyl (C=O) groups excluding carboxylic acids is 1. The van der Waals surface area contributed by atoms with Gasteiger partial charge in [-0.1, -0.05) is 6.07 Å². The van der Waals surface area contributed by atoms with Crippen LogP contribution >= 0.6 is 0 Å². The number of anilines is 2. The molecule has 3 aliphatic heterocycles. The summed E-state index contributed by atoms with van der Waals surface area (Å²) < 4.78 is 13.4. The third-order valence-corrected chi connectivity index (χ3v) is 6.82. The van der Waals surface area contributed by atoms with Gasteiger partial charge in [0.25, 0.3) is 0 Å². The van der Waals surface area contributed by atoms with E-state index in [1.54, 1.807) is 6.07 Å². The van der Waals surface area contributed by atoms with Crippen molar-refractivity contribution in [3.8, 4) is 0 Å². The second-order valence-electron chi connectivity index (χ2n) is 8.98. The van der Waals surface area contributed by atoms with Gasteiger partial charge >= 0.3 is 0 Å². The zero-order valence-corrected chi connectivity index (χ0v) is 18.4. The highest BCUT2D eigenvalue weighted by Gasteiger charge is 2.35. The molecular formula is C25H29FN4O2. The van der Waals surface area contributed by atoms with E-state index < -0.39 is 0 Å². The third-order valence-electron chi connectivity index (χ3n) is 6.82. The van der Waals surface area contributed by atoms with Gasteiger partial charge < -0.3 is 15.3 Å². The lowest BCUT2D eigenvalue weighted by molar-refractivity contribution is -0.118. The van der Waals surface area contributed by atoms with Crippen molar-refractivity contribution in [3.63, 3.8) is 0 Å². The third kappa shape index (κ3) is 3.91. The molecule has 3 heterocycles. The number of carbonyl (C=O) groups is 1. The molecule has 1 saturated heterocycles. The standard InChI is InChI=1S/C25H29FN4O2/c1-16-11-19(26)4-5-22(16)30-9-7-29(8-10-30)14-17-12-18(15-31)23-21(13-17)28-25(32)20-3-2-6-27-24(20)23/h4-5,11-13,20,31H,2-3,6-10,14-15H2,1H3,(H,28,32). The molecule has 0 bridgehead atoms. The molecule has 0 spiro atoms. The SMILES string of the molecule is Cc1cc(F)ccc1N1CCN(Cc2cc(CO)c3c(c2)NC(=O)C2CCCN=C32)CC1. The largest absolute Gasteiger partial charge is 0.392 e. The second-order valence-corrected chi connectivity index (χ2v) is 8.98. The van der Waals surface area contributed by atoms with Crippen LogP contribution in [0.1, 0.15) is 35.1 Å². The smallest absolute Gasteiger partial charge is 0.233 e. The fourth-order valence-corrected chi connectivity index (χ4v) is 5.23. The lowest BCUT2D eigenvalue weighted by Crippen LogP contribution is -2.46. The molecule has 0 aromatic heterocycles. The number of hydrogen-bond donors (Lipinski definition) is 2.